The lowest BCUT2D eigenvalue weighted by Gasteiger charge is -2.22. The highest BCUT2D eigenvalue weighted by atomic mass is 16.2. The van der Waals surface area contributed by atoms with Crippen LogP contribution in [0, 0.1) is 18.8 Å². The van der Waals surface area contributed by atoms with Gasteiger partial charge in [-0.15, -0.1) is 0 Å². The van der Waals surface area contributed by atoms with Gasteiger partial charge in [0.2, 0.25) is 0 Å². The lowest BCUT2D eigenvalue weighted by Crippen LogP contribution is -2.34. The molecular formula is C17H21NO2. The van der Waals surface area contributed by atoms with Crippen LogP contribution < -0.4 is 0 Å². The van der Waals surface area contributed by atoms with Crippen molar-refractivity contribution >= 4 is 5.91 Å². The van der Waals surface area contributed by atoms with Crippen molar-refractivity contribution in [3.63, 3.8) is 0 Å². The molecular weight excluding hydrogens is 250 g/mol. The van der Waals surface area contributed by atoms with E-state index in [4.69, 9.17) is 5.11 Å². The monoisotopic (exact) mass is 271 g/mol. The molecule has 20 heavy (non-hydrogen) atoms. The smallest absolute Gasteiger partial charge is 0.255 e. The van der Waals surface area contributed by atoms with E-state index in [0.717, 1.165) is 30.5 Å². The predicted octanol–water partition coefficient (Wildman–Crippen LogP) is 2.35. The van der Waals surface area contributed by atoms with E-state index >= 15 is 0 Å². The molecule has 0 bridgehead atoms. The van der Waals surface area contributed by atoms with Crippen LogP contribution in [0.25, 0.3) is 0 Å². The molecule has 2 rings (SSSR count). The van der Waals surface area contributed by atoms with Gasteiger partial charge >= 0.3 is 0 Å². The number of aliphatic hydroxyl groups is 1. The van der Waals surface area contributed by atoms with Crippen molar-refractivity contribution in [2.45, 2.75) is 39.2 Å². The Kier molecular flexibility index (Phi) is 4.81. The molecule has 0 radical (unpaired) electrons. The molecule has 1 aliphatic heterocycles. The Bertz CT molecular complexity index is 554. The molecule has 1 fully saturated rings. The average molecular weight is 271 g/mol. The first-order chi connectivity index (χ1) is 9.63. The Labute approximate surface area is 120 Å². The number of aliphatic hydroxyl groups excluding tert-OH is 1. The normalized spacial score (nSPS) is 17.8. The van der Waals surface area contributed by atoms with E-state index in [0.29, 0.717) is 18.0 Å². The molecule has 106 valence electrons. The molecule has 0 saturated carbocycles. The highest BCUT2D eigenvalue weighted by molar-refractivity contribution is 5.97. The summed E-state index contributed by atoms with van der Waals surface area (Å²) >= 11 is 0. The van der Waals surface area contributed by atoms with Crippen LogP contribution in [0.2, 0.25) is 0 Å². The van der Waals surface area contributed by atoms with Crippen molar-refractivity contribution in [1.82, 2.24) is 4.90 Å². The molecule has 1 aromatic carbocycles. The van der Waals surface area contributed by atoms with Gasteiger partial charge in [-0.25, -0.2) is 0 Å². The maximum atomic E-state index is 12.7. The van der Waals surface area contributed by atoms with E-state index in [1.807, 2.05) is 30.0 Å². The minimum Gasteiger partial charge on any atom is -0.395 e. The van der Waals surface area contributed by atoms with Crippen LogP contribution in [-0.2, 0) is 0 Å². The van der Waals surface area contributed by atoms with Crippen molar-refractivity contribution in [3.8, 4) is 11.8 Å². The zero-order valence-corrected chi connectivity index (χ0v) is 12.1. The Morgan fingerprint density at radius 2 is 2.30 bits per heavy atom. The third kappa shape index (κ3) is 3.20. The van der Waals surface area contributed by atoms with Crippen LogP contribution in [0.1, 0.15) is 47.7 Å². The fraction of sp³-hybridized carbons (Fsp3) is 0.471. The molecule has 1 atom stereocenters. The van der Waals surface area contributed by atoms with Gasteiger partial charge in [-0.1, -0.05) is 23.5 Å². The summed E-state index contributed by atoms with van der Waals surface area (Å²) in [5, 5.41) is 8.80. The van der Waals surface area contributed by atoms with Crippen molar-refractivity contribution in [3.05, 3.63) is 34.9 Å². The van der Waals surface area contributed by atoms with Crippen molar-refractivity contribution < 1.29 is 9.90 Å². The number of rotatable bonds is 2. The summed E-state index contributed by atoms with van der Waals surface area (Å²) in [6.07, 6.45) is 2.58. The third-order valence-electron chi connectivity index (χ3n) is 3.68. The lowest BCUT2D eigenvalue weighted by atomic mass is 10.0. The Morgan fingerprint density at radius 1 is 1.50 bits per heavy atom. The molecule has 0 spiro atoms. The second kappa shape index (κ2) is 6.58. The van der Waals surface area contributed by atoms with Gasteiger partial charge in [0.25, 0.3) is 5.91 Å². The first kappa shape index (κ1) is 14.6. The van der Waals surface area contributed by atoms with Gasteiger partial charge < -0.3 is 10.0 Å². The molecule has 1 aromatic rings. The van der Waals surface area contributed by atoms with Crippen LogP contribution in [0.4, 0.5) is 0 Å². The molecule has 0 aliphatic carbocycles. The summed E-state index contributed by atoms with van der Waals surface area (Å²) in [6.45, 7) is 4.95. The highest BCUT2D eigenvalue weighted by Crippen LogP contribution is 2.21. The second-order valence-electron chi connectivity index (χ2n) is 5.31. The minimum absolute atomic E-state index is 0.0469. The summed E-state index contributed by atoms with van der Waals surface area (Å²) in [5.41, 5.74) is 2.50. The summed E-state index contributed by atoms with van der Waals surface area (Å²) in [4.78, 5) is 14.6. The van der Waals surface area contributed by atoms with Crippen molar-refractivity contribution in [2.75, 3.05) is 13.2 Å². The first-order valence-electron chi connectivity index (χ1n) is 7.15. The van der Waals surface area contributed by atoms with Crippen LogP contribution in [0.15, 0.2) is 18.2 Å². The van der Waals surface area contributed by atoms with Crippen molar-refractivity contribution in [1.29, 1.82) is 0 Å². The first-order valence-corrected chi connectivity index (χ1v) is 7.15. The maximum Gasteiger partial charge on any atom is 0.255 e. The molecule has 3 nitrogen and oxygen atoms in total. The number of hydrogen-bond donors (Lipinski definition) is 1. The second-order valence-corrected chi connectivity index (χ2v) is 5.31. The van der Waals surface area contributed by atoms with Crippen LogP contribution in [-0.4, -0.2) is 35.1 Å². The number of carbonyl (C=O) groups is 1. The van der Waals surface area contributed by atoms with Gasteiger partial charge in [0, 0.05) is 24.6 Å². The van der Waals surface area contributed by atoms with Gasteiger partial charge in [0.1, 0.15) is 0 Å². The van der Waals surface area contributed by atoms with Gasteiger partial charge in [-0.3, -0.25) is 4.79 Å². The number of amides is 1. The summed E-state index contributed by atoms with van der Waals surface area (Å²) < 4.78 is 0. The predicted molar refractivity (Wildman–Crippen MR) is 79.5 cm³/mol. The van der Waals surface area contributed by atoms with Crippen LogP contribution in [0.5, 0.6) is 0 Å². The molecule has 1 heterocycles. The summed E-state index contributed by atoms with van der Waals surface area (Å²) in [7, 11) is 0. The molecule has 3 heteroatoms. The quantitative estimate of drug-likeness (QED) is 0.839. The number of carbonyl (C=O) groups excluding carboxylic acids is 1. The number of nitrogens with zero attached hydrogens (tertiary/aromatic N) is 1. The number of likely N-dealkylation sites (tertiary alicyclic amines) is 1. The fourth-order valence-corrected chi connectivity index (χ4v) is 2.55. The average Bonchev–Trinajstić information content (AvgIpc) is 2.86. The lowest BCUT2D eigenvalue weighted by molar-refractivity contribution is 0.0747. The van der Waals surface area contributed by atoms with Gasteiger partial charge in [0.05, 0.1) is 12.2 Å². The topological polar surface area (TPSA) is 40.5 Å². The molecule has 1 aliphatic rings. The van der Waals surface area contributed by atoms with Crippen LogP contribution in [0.3, 0.4) is 0 Å². The van der Waals surface area contributed by atoms with E-state index in [9.17, 15) is 4.79 Å². The van der Waals surface area contributed by atoms with Gasteiger partial charge in [-0.05, 0) is 38.8 Å². The SMILES string of the molecule is Cc1ccc(C#CCCO)c(C(=O)N2CCCC2C)c1. The molecule has 1 saturated heterocycles. The van der Waals surface area contributed by atoms with E-state index in [2.05, 4.69) is 18.8 Å². The molecule has 1 amide bonds. The van der Waals surface area contributed by atoms with Crippen molar-refractivity contribution in [2.24, 2.45) is 0 Å². The highest BCUT2D eigenvalue weighted by Gasteiger charge is 2.27. The Morgan fingerprint density at radius 3 is 2.95 bits per heavy atom. The third-order valence-corrected chi connectivity index (χ3v) is 3.68. The van der Waals surface area contributed by atoms with Crippen LogP contribution >= 0.6 is 0 Å². The number of aryl methyl sites for hydroxylation is 1. The largest absolute Gasteiger partial charge is 0.395 e. The van der Waals surface area contributed by atoms with E-state index < -0.39 is 0 Å². The summed E-state index contributed by atoms with van der Waals surface area (Å²) in [6, 6.07) is 6.08. The fourth-order valence-electron chi connectivity index (χ4n) is 2.55. The van der Waals surface area contributed by atoms with E-state index in [-0.39, 0.29) is 12.5 Å². The van der Waals surface area contributed by atoms with E-state index in [1.165, 1.54) is 0 Å². The maximum absolute atomic E-state index is 12.7. The molecule has 1 unspecified atom stereocenters. The van der Waals surface area contributed by atoms with Gasteiger partial charge in [0.15, 0.2) is 0 Å². The molecule has 0 aromatic heterocycles. The van der Waals surface area contributed by atoms with E-state index in [1.54, 1.807) is 0 Å². The standard InChI is InChI=1S/C17H21NO2/c1-13-8-9-15(7-3-4-11-19)16(12-13)17(20)18-10-5-6-14(18)2/h8-9,12,14,19H,4-6,10-11H2,1-2H3. The molecule has 1 N–H and O–H groups in total. The van der Waals surface area contributed by atoms with Gasteiger partial charge in [-0.2, -0.15) is 0 Å². The number of benzene rings is 1. The Hall–Kier alpha value is -1.79. The zero-order chi connectivity index (χ0) is 14.5. The minimum atomic E-state index is 0.0469. The Balaban J connectivity index is 2.32. The zero-order valence-electron chi connectivity index (χ0n) is 12.1. The summed E-state index contributed by atoms with van der Waals surface area (Å²) in [5.74, 6) is 5.98. The number of hydrogen-bond acceptors (Lipinski definition) is 2.